The van der Waals surface area contributed by atoms with E-state index in [0.717, 1.165) is 5.56 Å². The second-order valence-electron chi connectivity index (χ2n) is 3.86. The third-order valence-electron chi connectivity index (χ3n) is 2.40. The molecule has 0 radical (unpaired) electrons. The van der Waals surface area contributed by atoms with Gasteiger partial charge >= 0.3 is 6.09 Å². The summed E-state index contributed by atoms with van der Waals surface area (Å²) >= 11 is 0. The van der Waals surface area contributed by atoms with Crippen molar-refractivity contribution in [2.75, 3.05) is 11.9 Å². The van der Waals surface area contributed by atoms with Gasteiger partial charge in [0.05, 0.1) is 0 Å². The molecule has 0 saturated carbocycles. The lowest BCUT2D eigenvalue weighted by Gasteiger charge is -2.06. The molecule has 4 nitrogen and oxygen atoms in total. The van der Waals surface area contributed by atoms with Crippen molar-refractivity contribution in [3.05, 3.63) is 60.2 Å². The van der Waals surface area contributed by atoms with Gasteiger partial charge in [0.15, 0.2) is 0 Å². The average Bonchev–Trinajstić information content (AvgIpc) is 2.47. The second-order valence-corrected chi connectivity index (χ2v) is 3.86. The van der Waals surface area contributed by atoms with Crippen LogP contribution in [-0.2, 0) is 0 Å². The smallest absolute Gasteiger partial charge is 0.410 e. The van der Waals surface area contributed by atoms with Gasteiger partial charge in [0.25, 0.3) is 0 Å². The summed E-state index contributed by atoms with van der Waals surface area (Å²) in [5, 5.41) is 11.2. The highest BCUT2D eigenvalue weighted by Crippen LogP contribution is 2.12. The Balaban J connectivity index is 1.94. The maximum absolute atomic E-state index is 11.6. The van der Waals surface area contributed by atoms with Crippen LogP contribution in [0.4, 0.5) is 10.5 Å². The molecule has 100 valence electrons. The highest BCUT2D eigenvalue weighted by atomic mass is 16.6. The van der Waals surface area contributed by atoms with Crippen LogP contribution in [0.15, 0.2) is 54.6 Å². The van der Waals surface area contributed by atoms with Gasteiger partial charge in [-0.05, 0) is 36.4 Å². The van der Waals surface area contributed by atoms with Crippen molar-refractivity contribution in [3.8, 4) is 17.6 Å². The number of carbonyl (C=O) groups is 1. The Morgan fingerprint density at radius 2 is 1.80 bits per heavy atom. The Morgan fingerprint density at radius 3 is 2.45 bits per heavy atom. The largest absolute Gasteiger partial charge is 0.417 e. The normalized spacial score (nSPS) is 9.25. The summed E-state index contributed by atoms with van der Waals surface area (Å²) in [5.74, 6) is 5.80. The Hall–Kier alpha value is -2.77. The maximum atomic E-state index is 11.6. The van der Waals surface area contributed by atoms with Crippen LogP contribution < -0.4 is 10.1 Å². The van der Waals surface area contributed by atoms with Crippen molar-refractivity contribution >= 4 is 11.8 Å². The van der Waals surface area contributed by atoms with Crippen LogP contribution in [0.25, 0.3) is 0 Å². The van der Waals surface area contributed by atoms with Gasteiger partial charge in [-0.25, -0.2) is 4.79 Å². The fourth-order valence-corrected chi connectivity index (χ4v) is 1.52. The number of ether oxygens (including phenoxy) is 1. The van der Waals surface area contributed by atoms with E-state index in [1.165, 1.54) is 0 Å². The molecule has 0 aromatic heterocycles. The molecule has 2 aromatic carbocycles. The van der Waals surface area contributed by atoms with Crippen LogP contribution >= 0.6 is 0 Å². The van der Waals surface area contributed by atoms with Crippen LogP contribution in [0, 0.1) is 11.8 Å². The minimum Gasteiger partial charge on any atom is -0.410 e. The number of hydrogen-bond acceptors (Lipinski definition) is 3. The monoisotopic (exact) mass is 267 g/mol. The molecule has 1 amide bonds. The number of anilines is 1. The molecule has 20 heavy (non-hydrogen) atoms. The van der Waals surface area contributed by atoms with Gasteiger partial charge < -0.3 is 9.84 Å². The molecular weight excluding hydrogens is 254 g/mol. The van der Waals surface area contributed by atoms with Crippen molar-refractivity contribution < 1.29 is 14.6 Å². The summed E-state index contributed by atoms with van der Waals surface area (Å²) in [6.45, 7) is -0.177. The molecule has 4 heteroatoms. The van der Waals surface area contributed by atoms with Crippen LogP contribution in [0.5, 0.6) is 5.75 Å². The molecule has 2 rings (SSSR count). The van der Waals surface area contributed by atoms with E-state index in [0.29, 0.717) is 11.4 Å². The van der Waals surface area contributed by atoms with Crippen molar-refractivity contribution in [1.29, 1.82) is 0 Å². The summed E-state index contributed by atoms with van der Waals surface area (Å²) in [5.41, 5.74) is 1.38. The lowest BCUT2D eigenvalue weighted by atomic mass is 10.2. The molecule has 0 spiro atoms. The predicted molar refractivity (Wildman–Crippen MR) is 76.5 cm³/mol. The van der Waals surface area contributed by atoms with Gasteiger partial charge in [-0.3, -0.25) is 5.32 Å². The van der Waals surface area contributed by atoms with Crippen molar-refractivity contribution in [3.63, 3.8) is 0 Å². The number of nitrogens with one attached hydrogen (secondary N) is 1. The standard InChI is InChI=1S/C16H13NO3/c18-12-4-5-13-8-10-14(11-9-13)17-16(19)20-15-6-2-1-3-7-15/h1-3,6-11,18H,12H2,(H,17,19). The van der Waals surface area contributed by atoms with E-state index in [9.17, 15) is 4.79 Å². The quantitative estimate of drug-likeness (QED) is 0.822. The number of hydrogen-bond donors (Lipinski definition) is 2. The van der Waals surface area contributed by atoms with E-state index < -0.39 is 6.09 Å². The summed E-state index contributed by atoms with van der Waals surface area (Å²) in [6, 6.07) is 15.8. The summed E-state index contributed by atoms with van der Waals surface area (Å²) in [6.07, 6.45) is -0.551. The number of aliphatic hydroxyl groups is 1. The molecule has 0 fully saturated rings. The minimum absolute atomic E-state index is 0.177. The zero-order chi connectivity index (χ0) is 14.2. The zero-order valence-electron chi connectivity index (χ0n) is 10.7. The average molecular weight is 267 g/mol. The maximum Gasteiger partial charge on any atom is 0.417 e. The first-order valence-electron chi connectivity index (χ1n) is 6.01. The number of benzene rings is 2. The molecule has 0 aliphatic carbocycles. The van der Waals surface area contributed by atoms with Gasteiger partial charge in [-0.2, -0.15) is 0 Å². The van der Waals surface area contributed by atoms with Crippen LogP contribution in [0.3, 0.4) is 0 Å². The molecule has 0 bridgehead atoms. The SMILES string of the molecule is O=C(Nc1ccc(C#CCO)cc1)Oc1ccccc1. The Bertz CT molecular complexity index is 624. The lowest BCUT2D eigenvalue weighted by Crippen LogP contribution is -2.16. The number of aliphatic hydroxyl groups excluding tert-OH is 1. The zero-order valence-corrected chi connectivity index (χ0v) is 10.7. The second kappa shape index (κ2) is 6.98. The summed E-state index contributed by atoms with van der Waals surface area (Å²) in [7, 11) is 0. The number of amides is 1. The predicted octanol–water partition coefficient (Wildman–Crippen LogP) is 2.64. The Labute approximate surface area is 117 Å². The molecule has 2 aromatic rings. The van der Waals surface area contributed by atoms with E-state index in [-0.39, 0.29) is 6.61 Å². The molecule has 0 heterocycles. The molecule has 0 unspecified atom stereocenters. The van der Waals surface area contributed by atoms with Crippen LogP contribution in [0.1, 0.15) is 5.56 Å². The van der Waals surface area contributed by atoms with Crippen molar-refractivity contribution in [2.45, 2.75) is 0 Å². The van der Waals surface area contributed by atoms with Gasteiger partial charge in [-0.1, -0.05) is 30.0 Å². The first kappa shape index (κ1) is 13.7. The van der Waals surface area contributed by atoms with Gasteiger partial charge in [0.2, 0.25) is 0 Å². The molecule has 0 aliphatic rings. The minimum atomic E-state index is -0.551. The van der Waals surface area contributed by atoms with Gasteiger partial charge in [0.1, 0.15) is 12.4 Å². The number of para-hydroxylation sites is 1. The van der Waals surface area contributed by atoms with Crippen molar-refractivity contribution in [2.24, 2.45) is 0 Å². The third-order valence-corrected chi connectivity index (χ3v) is 2.40. The number of rotatable bonds is 2. The first-order valence-corrected chi connectivity index (χ1v) is 6.01. The van der Waals surface area contributed by atoms with Gasteiger partial charge in [-0.15, -0.1) is 0 Å². The van der Waals surface area contributed by atoms with E-state index in [4.69, 9.17) is 9.84 Å². The highest BCUT2D eigenvalue weighted by Gasteiger charge is 2.04. The van der Waals surface area contributed by atoms with E-state index in [2.05, 4.69) is 17.2 Å². The topological polar surface area (TPSA) is 58.6 Å². The first-order chi connectivity index (χ1) is 9.78. The van der Waals surface area contributed by atoms with E-state index in [1.54, 1.807) is 48.5 Å². The van der Waals surface area contributed by atoms with E-state index in [1.807, 2.05) is 6.07 Å². The summed E-state index contributed by atoms with van der Waals surface area (Å²) < 4.78 is 5.10. The Kier molecular flexibility index (Phi) is 4.76. The van der Waals surface area contributed by atoms with Crippen LogP contribution in [-0.4, -0.2) is 17.8 Å². The lowest BCUT2D eigenvalue weighted by molar-refractivity contribution is 0.215. The van der Waals surface area contributed by atoms with Crippen LogP contribution in [0.2, 0.25) is 0 Å². The fourth-order valence-electron chi connectivity index (χ4n) is 1.52. The molecule has 0 atom stereocenters. The third kappa shape index (κ3) is 4.16. The molecule has 2 N–H and O–H groups in total. The van der Waals surface area contributed by atoms with E-state index >= 15 is 0 Å². The Morgan fingerprint density at radius 1 is 1.10 bits per heavy atom. The van der Waals surface area contributed by atoms with Crippen molar-refractivity contribution in [1.82, 2.24) is 0 Å². The fraction of sp³-hybridized carbons (Fsp3) is 0.0625. The molecule has 0 saturated heterocycles. The summed E-state index contributed by atoms with van der Waals surface area (Å²) in [4.78, 5) is 11.6. The molecule has 0 aliphatic heterocycles. The van der Waals surface area contributed by atoms with Gasteiger partial charge in [0, 0.05) is 11.3 Å². The highest BCUT2D eigenvalue weighted by molar-refractivity contribution is 5.86. The number of carbonyl (C=O) groups excluding carboxylic acids is 1. The molecular formula is C16H13NO3.